The van der Waals surface area contributed by atoms with E-state index in [0.29, 0.717) is 0 Å². The van der Waals surface area contributed by atoms with Gasteiger partial charge in [0, 0.05) is 48.1 Å². The standard InChI is InChI=1S/C75H47NOS2/c1-4-22-55-49(19-1)52-43-46(37-40-58(52)73(55)61-25-7-13-31-67(61)77-68-32-14-8-26-62(68)73)76(47-38-41-59-53(44-47)50-20-2-5-23-56(50)74(59)63-27-9-15-33-69(63)78-70-34-16-10-28-64(70)74)48-39-42-60-54(45-48)51-21-3-6-24-57(51)75(60)65-29-11-17-35-71(65)79-72-36-18-12-30-66(72)75/h1-45,61,67H. The molecule has 0 saturated heterocycles. The van der Waals surface area contributed by atoms with E-state index in [-0.39, 0.29) is 12.0 Å². The molecule has 0 saturated carbocycles. The molecule has 2 nitrogen and oxygen atoms in total. The molecule has 4 heteroatoms. The molecule has 0 N–H and O–H groups in total. The Labute approximate surface area is 468 Å². The van der Waals surface area contributed by atoms with Gasteiger partial charge in [0.1, 0.15) is 11.9 Å². The van der Waals surface area contributed by atoms with Gasteiger partial charge in [0.15, 0.2) is 0 Å². The van der Waals surface area contributed by atoms with Gasteiger partial charge in [0.2, 0.25) is 0 Å². The van der Waals surface area contributed by atoms with Gasteiger partial charge in [0.25, 0.3) is 0 Å². The molecule has 3 heterocycles. The molecule has 0 bridgehead atoms. The van der Waals surface area contributed by atoms with Gasteiger partial charge in [-0.05, 0) is 162 Å². The molecule has 3 aliphatic heterocycles. The number of anilines is 3. The number of nitrogens with zero attached hydrogens (tertiary/aromatic N) is 1. The van der Waals surface area contributed by atoms with Crippen molar-refractivity contribution in [1.82, 2.24) is 0 Å². The second-order valence-corrected chi connectivity index (χ2v) is 24.2. The van der Waals surface area contributed by atoms with E-state index in [9.17, 15) is 0 Å². The zero-order valence-corrected chi connectivity index (χ0v) is 44.4. The predicted molar refractivity (Wildman–Crippen MR) is 322 cm³/mol. The van der Waals surface area contributed by atoms with Crippen LogP contribution in [0.3, 0.4) is 0 Å². The fourth-order valence-electron chi connectivity index (χ4n) is 15.8. The normalized spacial score (nSPS) is 19.3. The van der Waals surface area contributed by atoms with Crippen molar-refractivity contribution in [2.45, 2.75) is 41.9 Å². The summed E-state index contributed by atoms with van der Waals surface area (Å²) in [6, 6.07) is 94.8. The molecule has 4 aliphatic carbocycles. The monoisotopic (exact) mass is 1040 g/mol. The highest BCUT2D eigenvalue weighted by molar-refractivity contribution is 7.99. The largest absolute Gasteiger partial charge is 0.485 e. The summed E-state index contributed by atoms with van der Waals surface area (Å²) >= 11 is 3.79. The van der Waals surface area contributed by atoms with Gasteiger partial charge in [-0.15, -0.1) is 0 Å². The van der Waals surface area contributed by atoms with E-state index in [1.165, 1.54) is 114 Å². The fraction of sp³-hybridized carbons (Fsp3) is 0.0667. The van der Waals surface area contributed by atoms with Crippen molar-refractivity contribution in [3.63, 3.8) is 0 Å². The molecule has 370 valence electrons. The van der Waals surface area contributed by atoms with E-state index in [2.05, 4.69) is 278 Å². The van der Waals surface area contributed by atoms with Crippen molar-refractivity contribution in [1.29, 1.82) is 0 Å². The first kappa shape index (κ1) is 44.2. The average molecular weight is 1040 g/mol. The minimum atomic E-state index is -0.476. The average Bonchev–Trinajstić information content (AvgIpc) is 2.96. The lowest BCUT2D eigenvalue weighted by Crippen LogP contribution is -2.47. The van der Waals surface area contributed by atoms with Gasteiger partial charge in [-0.3, -0.25) is 0 Å². The van der Waals surface area contributed by atoms with Crippen LogP contribution in [0, 0.1) is 5.92 Å². The van der Waals surface area contributed by atoms with Gasteiger partial charge >= 0.3 is 0 Å². The molecule has 0 fully saturated rings. The third-order valence-corrected chi connectivity index (χ3v) is 21.0. The molecule has 0 radical (unpaired) electrons. The van der Waals surface area contributed by atoms with Gasteiger partial charge < -0.3 is 9.64 Å². The van der Waals surface area contributed by atoms with E-state index in [1.807, 2.05) is 23.5 Å². The van der Waals surface area contributed by atoms with Gasteiger partial charge in [-0.25, -0.2) is 0 Å². The van der Waals surface area contributed by atoms with E-state index in [0.717, 1.165) is 22.8 Å². The molecule has 3 spiro atoms. The Morgan fingerprint density at radius 1 is 0.304 bits per heavy atom. The lowest BCUT2D eigenvalue weighted by Gasteiger charge is -2.47. The Morgan fingerprint density at radius 3 is 1.14 bits per heavy atom. The molecule has 3 unspecified atom stereocenters. The zero-order chi connectivity index (χ0) is 51.6. The van der Waals surface area contributed by atoms with Crippen LogP contribution in [-0.4, -0.2) is 6.10 Å². The number of hydrogen-bond acceptors (Lipinski definition) is 4. The zero-order valence-electron chi connectivity index (χ0n) is 42.8. The Morgan fingerprint density at radius 2 is 0.646 bits per heavy atom. The third-order valence-electron chi connectivity index (χ3n) is 18.7. The van der Waals surface area contributed by atoms with Crippen molar-refractivity contribution in [2.24, 2.45) is 5.92 Å². The number of hydrogen-bond donors (Lipinski definition) is 0. The highest BCUT2D eigenvalue weighted by atomic mass is 32.2. The second kappa shape index (κ2) is 16.1. The molecule has 11 aromatic rings. The minimum absolute atomic E-state index is 0.0619. The van der Waals surface area contributed by atoms with Crippen LogP contribution in [0.25, 0.3) is 33.4 Å². The molecule has 0 amide bonds. The summed E-state index contributed by atoms with van der Waals surface area (Å²) in [5.41, 5.74) is 24.1. The highest BCUT2D eigenvalue weighted by Crippen LogP contribution is 2.66. The maximum absolute atomic E-state index is 6.87. The van der Waals surface area contributed by atoms with Crippen LogP contribution in [0.4, 0.5) is 17.1 Å². The van der Waals surface area contributed by atoms with Crippen molar-refractivity contribution < 1.29 is 4.74 Å². The summed E-state index contributed by atoms with van der Waals surface area (Å²) in [7, 11) is 0. The third kappa shape index (κ3) is 5.55. The van der Waals surface area contributed by atoms with E-state index in [4.69, 9.17) is 4.74 Å². The van der Waals surface area contributed by atoms with E-state index in [1.54, 1.807) is 0 Å². The molecule has 0 aromatic heterocycles. The van der Waals surface area contributed by atoms with Crippen LogP contribution in [0.1, 0.15) is 61.2 Å². The SMILES string of the molecule is C1=CC2Oc3ccccc3C3(c4ccccc4-c4cc(N(c5ccc6c(c5)-c5ccccc5C65c6ccccc6Sc6ccccc65)c5ccc6c(c5)-c5ccccc5C65c6ccccc6Sc6ccccc65)ccc43)C2C=C1. The topological polar surface area (TPSA) is 12.5 Å². The van der Waals surface area contributed by atoms with Crippen LogP contribution in [0.5, 0.6) is 5.75 Å². The number of rotatable bonds is 3. The summed E-state index contributed by atoms with van der Waals surface area (Å²) in [5.74, 6) is 1.01. The maximum atomic E-state index is 6.87. The lowest BCUT2D eigenvalue weighted by atomic mass is 9.60. The summed E-state index contributed by atoms with van der Waals surface area (Å²) in [6.45, 7) is 0. The van der Waals surface area contributed by atoms with Gasteiger partial charge in [-0.1, -0.05) is 224 Å². The summed E-state index contributed by atoms with van der Waals surface area (Å²) in [4.78, 5) is 7.78. The second-order valence-electron chi connectivity index (χ2n) is 22.0. The number of fused-ring (bicyclic) bond motifs is 27. The number of para-hydroxylation sites is 1. The summed E-state index contributed by atoms with van der Waals surface area (Å²) in [6.07, 6.45) is 8.90. The first-order chi connectivity index (χ1) is 39.2. The van der Waals surface area contributed by atoms with Crippen LogP contribution in [0.2, 0.25) is 0 Å². The number of allylic oxidation sites excluding steroid dienone is 2. The van der Waals surface area contributed by atoms with Crippen molar-refractivity contribution in [2.75, 3.05) is 4.90 Å². The number of benzene rings is 11. The van der Waals surface area contributed by atoms with Gasteiger partial charge in [0.05, 0.1) is 16.2 Å². The van der Waals surface area contributed by atoms with Crippen LogP contribution in [-0.2, 0) is 16.2 Å². The predicted octanol–water partition coefficient (Wildman–Crippen LogP) is 18.6. The Balaban J connectivity index is 0.900. The molecule has 11 aromatic carbocycles. The Bertz CT molecular complexity index is 4260. The molecular formula is C75H47NOS2. The molecular weight excluding hydrogens is 995 g/mol. The Hall–Kier alpha value is -8.80. The van der Waals surface area contributed by atoms with E-state index < -0.39 is 16.2 Å². The first-order valence-corrected chi connectivity index (χ1v) is 29.2. The van der Waals surface area contributed by atoms with Crippen LogP contribution in [0.15, 0.2) is 293 Å². The maximum Gasteiger partial charge on any atom is 0.125 e. The molecule has 79 heavy (non-hydrogen) atoms. The highest BCUT2D eigenvalue weighted by Gasteiger charge is 2.57. The fourth-order valence-corrected chi connectivity index (χ4v) is 18.2. The Kier molecular flexibility index (Phi) is 9.03. The van der Waals surface area contributed by atoms with Gasteiger partial charge in [-0.2, -0.15) is 0 Å². The van der Waals surface area contributed by atoms with Crippen LogP contribution < -0.4 is 9.64 Å². The lowest BCUT2D eigenvalue weighted by molar-refractivity contribution is 0.141. The summed E-state index contributed by atoms with van der Waals surface area (Å²) < 4.78 is 6.87. The summed E-state index contributed by atoms with van der Waals surface area (Å²) in [5, 5.41) is 0. The number of ether oxygens (including phenoxy) is 1. The smallest absolute Gasteiger partial charge is 0.125 e. The first-order valence-electron chi connectivity index (χ1n) is 27.5. The molecule has 7 aliphatic rings. The van der Waals surface area contributed by atoms with Crippen molar-refractivity contribution >= 4 is 40.6 Å². The quantitative estimate of drug-likeness (QED) is 0.175. The van der Waals surface area contributed by atoms with E-state index >= 15 is 0 Å². The van der Waals surface area contributed by atoms with Crippen molar-refractivity contribution in [3.05, 3.63) is 334 Å². The minimum Gasteiger partial charge on any atom is -0.485 e. The van der Waals surface area contributed by atoms with Crippen LogP contribution >= 0.6 is 23.5 Å². The molecule has 18 rings (SSSR count). The molecule has 3 atom stereocenters. The van der Waals surface area contributed by atoms with Crippen molar-refractivity contribution in [3.8, 4) is 39.1 Å².